The van der Waals surface area contributed by atoms with Gasteiger partial charge in [0.15, 0.2) is 0 Å². The molecule has 1 aliphatic carbocycles. The summed E-state index contributed by atoms with van der Waals surface area (Å²) in [6.45, 7) is 8.93. The summed E-state index contributed by atoms with van der Waals surface area (Å²) < 4.78 is 5.54. The predicted octanol–water partition coefficient (Wildman–Crippen LogP) is 5.31. The molecule has 2 N–H and O–H groups in total. The van der Waals surface area contributed by atoms with Crippen LogP contribution in [0.15, 0.2) is 42.6 Å². The Morgan fingerprint density at radius 3 is 2.62 bits per heavy atom. The number of nitrogens with zero attached hydrogens (tertiary/aromatic N) is 3. The van der Waals surface area contributed by atoms with E-state index in [0.717, 1.165) is 53.3 Å². The number of carbonyl (C=O) groups excluding carboxylic acids is 2. The normalized spacial score (nSPS) is 17.9. The molecule has 0 unspecified atom stereocenters. The van der Waals surface area contributed by atoms with Crippen molar-refractivity contribution in [2.45, 2.75) is 71.1 Å². The summed E-state index contributed by atoms with van der Waals surface area (Å²) in [6.07, 6.45) is 5.50. The monoisotopic (exact) mass is 501 g/mol. The zero-order chi connectivity index (χ0) is 26.2. The van der Waals surface area contributed by atoms with E-state index in [0.29, 0.717) is 30.6 Å². The Kier molecular flexibility index (Phi) is 6.75. The summed E-state index contributed by atoms with van der Waals surface area (Å²) in [5.74, 6) is 0.530. The van der Waals surface area contributed by atoms with E-state index in [-0.39, 0.29) is 18.0 Å². The van der Waals surface area contributed by atoms with Gasteiger partial charge in [0.1, 0.15) is 5.60 Å². The summed E-state index contributed by atoms with van der Waals surface area (Å²) in [6, 6.07) is 12.3. The molecule has 5 rings (SSSR count). The van der Waals surface area contributed by atoms with Crippen molar-refractivity contribution in [3.63, 3.8) is 0 Å². The van der Waals surface area contributed by atoms with Crippen molar-refractivity contribution in [3.8, 4) is 11.1 Å². The zero-order valence-corrected chi connectivity index (χ0v) is 22.0. The molecule has 2 heterocycles. The average molecular weight is 502 g/mol. The molecule has 1 saturated carbocycles. The van der Waals surface area contributed by atoms with Gasteiger partial charge in [-0.2, -0.15) is 0 Å². The molecule has 8 heteroatoms. The van der Waals surface area contributed by atoms with E-state index in [9.17, 15) is 9.59 Å². The van der Waals surface area contributed by atoms with Gasteiger partial charge in [-0.05, 0) is 94.3 Å². The second-order valence-corrected chi connectivity index (χ2v) is 11.2. The first kappa shape index (κ1) is 25.0. The van der Waals surface area contributed by atoms with Gasteiger partial charge in [0.25, 0.3) is 5.91 Å². The fourth-order valence-electron chi connectivity index (χ4n) is 4.61. The van der Waals surface area contributed by atoms with Crippen LogP contribution in [0.25, 0.3) is 22.0 Å². The Morgan fingerprint density at radius 1 is 1.05 bits per heavy atom. The van der Waals surface area contributed by atoms with Crippen molar-refractivity contribution in [3.05, 3.63) is 53.7 Å². The Labute approximate surface area is 217 Å². The maximum Gasteiger partial charge on any atom is 0.410 e. The fourth-order valence-corrected chi connectivity index (χ4v) is 4.61. The summed E-state index contributed by atoms with van der Waals surface area (Å²) in [5.41, 5.74) is 4.15. The lowest BCUT2D eigenvalue weighted by molar-refractivity contribution is 0.0206. The van der Waals surface area contributed by atoms with Crippen LogP contribution in [0, 0.1) is 6.92 Å². The molecular weight excluding hydrogens is 466 g/mol. The zero-order valence-electron chi connectivity index (χ0n) is 22.0. The molecule has 1 aromatic heterocycles. The first-order valence-corrected chi connectivity index (χ1v) is 13.1. The van der Waals surface area contributed by atoms with Crippen LogP contribution >= 0.6 is 0 Å². The molecule has 0 spiro atoms. The molecule has 1 saturated heterocycles. The third kappa shape index (κ3) is 6.18. The minimum absolute atomic E-state index is 0.0171. The number of hydrogen-bond donors (Lipinski definition) is 2. The first-order valence-electron chi connectivity index (χ1n) is 13.1. The topological polar surface area (TPSA) is 96.5 Å². The standard InChI is InChI=1S/C29H35N5O3/c1-18-7-8-20(26(35)31-22-10-11-22)15-24(18)19-9-12-25-21(14-19)16-30-27(33-25)32-23-6-5-13-34(17-23)28(36)37-29(2,3)4/h7-9,12,14-16,22-23H,5-6,10-11,13,17H2,1-4H3,(H,31,35)(H,30,32,33)/t23-/m0/s1. The third-order valence-corrected chi connectivity index (χ3v) is 6.71. The second kappa shape index (κ2) is 10.00. The number of ether oxygens (including phenoxy) is 1. The molecule has 8 nitrogen and oxygen atoms in total. The highest BCUT2D eigenvalue weighted by Crippen LogP contribution is 2.29. The van der Waals surface area contributed by atoms with Crippen molar-refractivity contribution in [1.29, 1.82) is 0 Å². The van der Waals surface area contributed by atoms with Crippen LogP contribution in [-0.2, 0) is 4.74 Å². The van der Waals surface area contributed by atoms with Crippen LogP contribution < -0.4 is 10.6 Å². The lowest BCUT2D eigenvalue weighted by Gasteiger charge is -2.34. The van der Waals surface area contributed by atoms with Gasteiger partial charge in [-0.3, -0.25) is 4.79 Å². The number of amides is 2. The van der Waals surface area contributed by atoms with Gasteiger partial charge in [-0.25, -0.2) is 14.8 Å². The molecule has 3 aromatic rings. The molecule has 37 heavy (non-hydrogen) atoms. The SMILES string of the molecule is Cc1ccc(C(=O)NC2CC2)cc1-c1ccc2nc(N[C@H]3CCCN(C(=O)OC(C)(C)C)C3)ncc2c1. The molecule has 1 atom stereocenters. The van der Waals surface area contributed by atoms with Crippen molar-refractivity contribution in [2.75, 3.05) is 18.4 Å². The first-order chi connectivity index (χ1) is 17.6. The van der Waals surface area contributed by atoms with E-state index in [1.807, 2.05) is 57.3 Å². The Bertz CT molecular complexity index is 1330. The summed E-state index contributed by atoms with van der Waals surface area (Å²) in [7, 11) is 0. The van der Waals surface area contributed by atoms with Crippen LogP contribution in [0.3, 0.4) is 0 Å². The number of hydrogen-bond acceptors (Lipinski definition) is 6. The van der Waals surface area contributed by atoms with E-state index < -0.39 is 5.60 Å². The molecule has 1 aliphatic heterocycles. The van der Waals surface area contributed by atoms with E-state index in [1.54, 1.807) is 4.90 Å². The number of anilines is 1. The minimum atomic E-state index is -0.513. The maximum absolute atomic E-state index is 12.6. The number of benzene rings is 2. The van der Waals surface area contributed by atoms with Gasteiger partial charge < -0.3 is 20.3 Å². The maximum atomic E-state index is 12.6. The number of carbonyl (C=O) groups is 2. The molecule has 2 fully saturated rings. The van der Waals surface area contributed by atoms with Gasteiger partial charge in [-0.1, -0.05) is 12.1 Å². The van der Waals surface area contributed by atoms with Gasteiger partial charge >= 0.3 is 6.09 Å². The molecule has 2 amide bonds. The second-order valence-electron chi connectivity index (χ2n) is 11.2. The molecule has 0 radical (unpaired) electrons. The number of aryl methyl sites for hydroxylation is 1. The van der Waals surface area contributed by atoms with Crippen molar-refractivity contribution < 1.29 is 14.3 Å². The number of likely N-dealkylation sites (tertiary alicyclic amines) is 1. The van der Waals surface area contributed by atoms with E-state index >= 15 is 0 Å². The lowest BCUT2D eigenvalue weighted by Crippen LogP contribution is -2.47. The predicted molar refractivity (Wildman–Crippen MR) is 145 cm³/mol. The third-order valence-electron chi connectivity index (χ3n) is 6.71. The van der Waals surface area contributed by atoms with Crippen LogP contribution in [0.4, 0.5) is 10.7 Å². The van der Waals surface area contributed by atoms with Gasteiger partial charge in [0.05, 0.1) is 5.52 Å². The molecule has 2 aromatic carbocycles. The van der Waals surface area contributed by atoms with E-state index in [1.165, 1.54) is 0 Å². The largest absolute Gasteiger partial charge is 0.444 e. The fraction of sp³-hybridized carbons (Fsp3) is 0.448. The highest BCUT2D eigenvalue weighted by atomic mass is 16.6. The quantitative estimate of drug-likeness (QED) is 0.492. The molecule has 2 aliphatic rings. The van der Waals surface area contributed by atoms with Gasteiger partial charge in [-0.15, -0.1) is 0 Å². The van der Waals surface area contributed by atoms with Crippen molar-refractivity contribution in [2.24, 2.45) is 0 Å². The Balaban J connectivity index is 1.30. The number of aromatic nitrogens is 2. The average Bonchev–Trinajstić information content (AvgIpc) is 3.67. The Morgan fingerprint density at radius 2 is 1.86 bits per heavy atom. The Hall–Kier alpha value is -3.68. The van der Waals surface area contributed by atoms with Gasteiger partial charge in [0.2, 0.25) is 5.95 Å². The highest BCUT2D eigenvalue weighted by molar-refractivity contribution is 5.96. The van der Waals surface area contributed by atoms with Crippen molar-refractivity contribution >= 4 is 28.9 Å². The van der Waals surface area contributed by atoms with Crippen LogP contribution in [0.5, 0.6) is 0 Å². The number of nitrogens with one attached hydrogen (secondary N) is 2. The lowest BCUT2D eigenvalue weighted by atomic mass is 9.97. The number of rotatable bonds is 5. The van der Waals surface area contributed by atoms with E-state index in [4.69, 9.17) is 9.72 Å². The van der Waals surface area contributed by atoms with Crippen LogP contribution in [0.1, 0.15) is 62.4 Å². The highest BCUT2D eigenvalue weighted by Gasteiger charge is 2.28. The summed E-state index contributed by atoms with van der Waals surface area (Å²) in [5, 5.41) is 7.39. The number of piperidine rings is 1. The molecule has 0 bridgehead atoms. The number of fused-ring (bicyclic) bond motifs is 1. The van der Waals surface area contributed by atoms with Crippen molar-refractivity contribution in [1.82, 2.24) is 20.2 Å². The smallest absolute Gasteiger partial charge is 0.410 e. The minimum Gasteiger partial charge on any atom is -0.444 e. The van der Waals surface area contributed by atoms with Crippen LogP contribution in [0.2, 0.25) is 0 Å². The van der Waals surface area contributed by atoms with Crippen LogP contribution in [-0.4, -0.2) is 57.6 Å². The molecular formula is C29H35N5O3. The van der Waals surface area contributed by atoms with Gasteiger partial charge in [0, 0.05) is 42.3 Å². The molecule has 194 valence electrons. The van der Waals surface area contributed by atoms with E-state index in [2.05, 4.69) is 28.6 Å². The summed E-state index contributed by atoms with van der Waals surface area (Å²) >= 11 is 0. The summed E-state index contributed by atoms with van der Waals surface area (Å²) in [4.78, 5) is 36.1.